The molecule has 2 rings (SSSR count). The van der Waals surface area contributed by atoms with Crippen LogP contribution in [0.4, 0.5) is 8.78 Å². The molecule has 0 bridgehead atoms. The number of hydrogen-bond acceptors (Lipinski definition) is 3. The van der Waals surface area contributed by atoms with Gasteiger partial charge >= 0.3 is 6.61 Å². The van der Waals surface area contributed by atoms with E-state index in [0.29, 0.717) is 5.92 Å². The molecular formula is C14H19F2NOS. The first-order valence-corrected chi connectivity index (χ1v) is 7.67. The number of alkyl halides is 2. The molecular weight excluding hydrogens is 268 g/mol. The summed E-state index contributed by atoms with van der Waals surface area (Å²) in [5.41, 5.74) is 0.786. The van der Waals surface area contributed by atoms with Crippen LogP contribution in [0.3, 0.4) is 0 Å². The molecule has 1 N–H and O–H groups in total. The van der Waals surface area contributed by atoms with E-state index in [-0.39, 0.29) is 11.8 Å². The number of hydrogen-bond donors (Lipinski definition) is 1. The van der Waals surface area contributed by atoms with Crippen molar-refractivity contribution in [1.82, 2.24) is 5.32 Å². The highest BCUT2D eigenvalue weighted by Gasteiger charge is 2.18. The Hall–Kier alpha value is -0.810. The van der Waals surface area contributed by atoms with Gasteiger partial charge in [-0.05, 0) is 43.4 Å². The van der Waals surface area contributed by atoms with Gasteiger partial charge in [0.2, 0.25) is 0 Å². The van der Waals surface area contributed by atoms with Crippen molar-refractivity contribution >= 4 is 11.8 Å². The summed E-state index contributed by atoms with van der Waals surface area (Å²) in [5.74, 6) is 3.37. The van der Waals surface area contributed by atoms with Gasteiger partial charge in [0.15, 0.2) is 0 Å². The van der Waals surface area contributed by atoms with Crippen LogP contribution >= 0.6 is 11.8 Å². The molecule has 0 aliphatic carbocycles. The van der Waals surface area contributed by atoms with E-state index in [0.717, 1.165) is 12.1 Å². The lowest BCUT2D eigenvalue weighted by Gasteiger charge is -2.19. The molecule has 2 unspecified atom stereocenters. The minimum absolute atomic E-state index is 0.0144. The van der Waals surface area contributed by atoms with E-state index in [1.54, 1.807) is 12.1 Å². The summed E-state index contributed by atoms with van der Waals surface area (Å²) in [7, 11) is 0. The molecule has 1 aromatic rings. The van der Waals surface area contributed by atoms with Crippen molar-refractivity contribution in [2.24, 2.45) is 5.92 Å². The third-order valence-electron chi connectivity index (χ3n) is 3.34. The first-order valence-electron chi connectivity index (χ1n) is 6.51. The van der Waals surface area contributed by atoms with Crippen molar-refractivity contribution in [1.29, 1.82) is 0 Å². The van der Waals surface area contributed by atoms with Crippen molar-refractivity contribution in [3.05, 3.63) is 29.8 Å². The van der Waals surface area contributed by atoms with Crippen LogP contribution in [0.5, 0.6) is 5.75 Å². The number of halogens is 2. The van der Waals surface area contributed by atoms with Gasteiger partial charge in [-0.3, -0.25) is 0 Å². The maximum Gasteiger partial charge on any atom is 0.387 e. The number of ether oxygens (including phenoxy) is 1. The number of thioether (sulfide) groups is 1. The molecule has 5 heteroatoms. The van der Waals surface area contributed by atoms with E-state index in [2.05, 4.69) is 10.1 Å². The zero-order valence-electron chi connectivity index (χ0n) is 10.9. The Labute approximate surface area is 116 Å². The summed E-state index contributed by atoms with van der Waals surface area (Å²) >= 11 is 1.98. The van der Waals surface area contributed by atoms with Crippen molar-refractivity contribution in [2.75, 3.05) is 18.1 Å². The Morgan fingerprint density at radius 2 is 2.21 bits per heavy atom. The van der Waals surface area contributed by atoms with Crippen molar-refractivity contribution in [2.45, 2.75) is 26.0 Å². The van der Waals surface area contributed by atoms with Crippen LogP contribution in [0.2, 0.25) is 0 Å². The summed E-state index contributed by atoms with van der Waals surface area (Å²) in [4.78, 5) is 0. The Balaban J connectivity index is 1.95. The molecule has 2 atom stereocenters. The second kappa shape index (κ2) is 7.10. The van der Waals surface area contributed by atoms with Crippen molar-refractivity contribution in [3.8, 4) is 5.75 Å². The Kier molecular flexibility index (Phi) is 5.45. The van der Waals surface area contributed by atoms with Crippen LogP contribution in [-0.4, -0.2) is 24.7 Å². The molecule has 106 valence electrons. The third kappa shape index (κ3) is 4.35. The van der Waals surface area contributed by atoms with Gasteiger partial charge in [-0.2, -0.15) is 20.5 Å². The van der Waals surface area contributed by atoms with Gasteiger partial charge in [-0.1, -0.05) is 18.2 Å². The minimum atomic E-state index is -2.78. The van der Waals surface area contributed by atoms with E-state index in [1.807, 2.05) is 30.8 Å². The molecule has 0 aromatic heterocycles. The summed E-state index contributed by atoms with van der Waals surface area (Å²) < 4.78 is 29.3. The van der Waals surface area contributed by atoms with E-state index in [4.69, 9.17) is 0 Å². The summed E-state index contributed by atoms with van der Waals surface area (Å²) in [6, 6.07) is 6.99. The van der Waals surface area contributed by atoms with E-state index in [9.17, 15) is 8.78 Å². The monoisotopic (exact) mass is 287 g/mol. The number of rotatable bonds is 6. The maximum atomic E-state index is 12.4. The quantitative estimate of drug-likeness (QED) is 0.862. The fourth-order valence-electron chi connectivity index (χ4n) is 2.24. The molecule has 1 aliphatic rings. The minimum Gasteiger partial charge on any atom is -0.434 e. The zero-order valence-corrected chi connectivity index (χ0v) is 11.8. The lowest BCUT2D eigenvalue weighted by atomic mass is 10.1. The molecule has 1 aliphatic heterocycles. The van der Waals surface area contributed by atoms with Gasteiger partial charge in [-0.15, -0.1) is 0 Å². The van der Waals surface area contributed by atoms with Gasteiger partial charge in [0, 0.05) is 11.6 Å². The van der Waals surface area contributed by atoms with Crippen LogP contribution in [0.25, 0.3) is 0 Å². The smallest absolute Gasteiger partial charge is 0.387 e. The van der Waals surface area contributed by atoms with E-state index >= 15 is 0 Å². The average molecular weight is 287 g/mol. The molecule has 0 spiro atoms. The molecule has 1 heterocycles. The van der Waals surface area contributed by atoms with Gasteiger partial charge in [0.05, 0.1) is 0 Å². The lowest BCUT2D eigenvalue weighted by molar-refractivity contribution is -0.0506. The lowest BCUT2D eigenvalue weighted by Crippen LogP contribution is -2.26. The molecule has 19 heavy (non-hydrogen) atoms. The highest BCUT2D eigenvalue weighted by molar-refractivity contribution is 7.99. The normalized spacial score (nSPS) is 20.7. The summed E-state index contributed by atoms with van der Waals surface area (Å²) in [6.45, 7) is 0.131. The third-order valence-corrected chi connectivity index (χ3v) is 4.57. The van der Waals surface area contributed by atoms with Gasteiger partial charge in [0.25, 0.3) is 0 Å². The molecule has 1 saturated heterocycles. The second-order valence-electron chi connectivity index (χ2n) is 4.78. The molecule has 1 fully saturated rings. The Bertz CT molecular complexity index is 397. The highest BCUT2D eigenvalue weighted by atomic mass is 32.2. The van der Waals surface area contributed by atoms with Crippen LogP contribution in [0.15, 0.2) is 24.3 Å². The standard InChI is InChI=1S/C14H19F2NOS/c1-10(17-8-11-6-7-19-9-11)12-4-2-3-5-13(12)18-14(15)16/h2-5,10-11,14,17H,6-9H2,1H3. The maximum absolute atomic E-state index is 12.4. The predicted octanol–water partition coefficient (Wildman–Crippen LogP) is 3.69. The van der Waals surface area contributed by atoms with Crippen LogP contribution in [0, 0.1) is 5.92 Å². The Morgan fingerprint density at radius 3 is 2.89 bits per heavy atom. The summed E-state index contributed by atoms with van der Waals surface area (Å²) in [5, 5.41) is 3.42. The zero-order chi connectivity index (χ0) is 13.7. The molecule has 1 aromatic carbocycles. The van der Waals surface area contributed by atoms with E-state index < -0.39 is 6.61 Å². The van der Waals surface area contributed by atoms with Crippen LogP contribution < -0.4 is 10.1 Å². The fraction of sp³-hybridized carbons (Fsp3) is 0.571. The first kappa shape index (κ1) is 14.6. The van der Waals surface area contributed by atoms with Crippen LogP contribution in [0.1, 0.15) is 24.9 Å². The molecule has 0 amide bonds. The SMILES string of the molecule is CC(NCC1CCSC1)c1ccccc1OC(F)F. The van der Waals surface area contributed by atoms with Gasteiger partial charge in [-0.25, -0.2) is 0 Å². The van der Waals surface area contributed by atoms with Gasteiger partial charge in [0.1, 0.15) is 5.75 Å². The Morgan fingerprint density at radius 1 is 1.42 bits per heavy atom. The molecule has 0 radical (unpaired) electrons. The van der Waals surface area contributed by atoms with Crippen molar-refractivity contribution in [3.63, 3.8) is 0 Å². The average Bonchev–Trinajstić information content (AvgIpc) is 2.89. The van der Waals surface area contributed by atoms with Crippen molar-refractivity contribution < 1.29 is 13.5 Å². The molecule has 2 nitrogen and oxygen atoms in total. The largest absolute Gasteiger partial charge is 0.434 e. The topological polar surface area (TPSA) is 21.3 Å². The van der Waals surface area contributed by atoms with E-state index in [1.165, 1.54) is 17.9 Å². The number of para-hydroxylation sites is 1. The second-order valence-corrected chi connectivity index (χ2v) is 5.93. The van der Waals surface area contributed by atoms with Crippen LogP contribution in [-0.2, 0) is 0 Å². The summed E-state index contributed by atoms with van der Waals surface area (Å²) in [6.07, 6.45) is 1.24. The fourth-order valence-corrected chi connectivity index (χ4v) is 3.52. The number of benzene rings is 1. The number of nitrogens with one attached hydrogen (secondary N) is 1. The predicted molar refractivity (Wildman–Crippen MR) is 74.9 cm³/mol. The molecule has 0 saturated carbocycles. The van der Waals surface area contributed by atoms with Gasteiger partial charge < -0.3 is 10.1 Å². The highest BCUT2D eigenvalue weighted by Crippen LogP contribution is 2.27. The first-order chi connectivity index (χ1) is 9.16.